The quantitative estimate of drug-likeness (QED) is 0.325. The molecule has 0 fully saturated rings. The van der Waals surface area contributed by atoms with Crippen LogP contribution in [-0.2, 0) is 0 Å². The predicted octanol–water partition coefficient (Wildman–Crippen LogP) is 2.75. The van der Waals surface area contributed by atoms with Gasteiger partial charge in [-0.1, -0.05) is 29.7 Å². The summed E-state index contributed by atoms with van der Waals surface area (Å²) in [6.45, 7) is 3.17. The van der Waals surface area contributed by atoms with Gasteiger partial charge in [-0.3, -0.25) is 4.11 Å². The summed E-state index contributed by atoms with van der Waals surface area (Å²) in [6, 6.07) is 9.48. The molecule has 0 aliphatic rings. The Labute approximate surface area is 73.6 Å². The molecule has 0 N–H and O–H groups in total. The van der Waals surface area contributed by atoms with Crippen LogP contribution in [0.25, 0.3) is 0 Å². The van der Waals surface area contributed by atoms with Crippen molar-refractivity contribution in [2.75, 3.05) is 0 Å². The smallest absolute Gasteiger partial charge is 0.298 e. The van der Waals surface area contributed by atoms with Gasteiger partial charge in [0.2, 0.25) is 0 Å². The highest BCUT2D eigenvalue weighted by Crippen LogP contribution is 2.01. The highest BCUT2D eigenvalue weighted by molar-refractivity contribution is 6.78. The number of halogens is 1. The van der Waals surface area contributed by atoms with Crippen molar-refractivity contribution in [1.29, 1.82) is 0 Å². The highest BCUT2D eigenvalue weighted by Gasteiger charge is 2.15. The lowest BCUT2D eigenvalue weighted by Crippen LogP contribution is -2.14. The lowest BCUT2D eigenvalue weighted by Gasteiger charge is -1.97. The lowest BCUT2D eigenvalue weighted by molar-refractivity contribution is 0.825. The van der Waals surface area contributed by atoms with Crippen molar-refractivity contribution in [1.82, 2.24) is 0 Å². The lowest BCUT2D eigenvalue weighted by atomic mass is 10.2. The molecule has 1 rings (SSSR count). The van der Waals surface area contributed by atoms with Crippen LogP contribution in [0, 0.1) is 11.5 Å². The molecular formula is C10H11FSi. The van der Waals surface area contributed by atoms with E-state index in [1.54, 1.807) is 13.1 Å². The molecule has 0 spiro atoms. The van der Waals surface area contributed by atoms with Gasteiger partial charge in [0.05, 0.1) is 0 Å². The number of rotatable bonds is 0. The minimum atomic E-state index is -2.70. The van der Waals surface area contributed by atoms with Crippen molar-refractivity contribution >= 4 is 8.41 Å². The Balaban J connectivity index is 2.81. The van der Waals surface area contributed by atoms with Gasteiger partial charge in [0, 0.05) is 5.56 Å². The normalized spacial score (nSPS) is 10.2. The number of hydrogen-bond acceptors (Lipinski definition) is 0. The van der Waals surface area contributed by atoms with E-state index in [2.05, 4.69) is 11.5 Å². The molecular weight excluding hydrogens is 167 g/mol. The van der Waals surface area contributed by atoms with Crippen LogP contribution in [0.15, 0.2) is 30.3 Å². The Hall–Kier alpha value is -1.07. The molecule has 0 unspecified atom stereocenters. The molecule has 0 nitrogen and oxygen atoms in total. The monoisotopic (exact) mass is 178 g/mol. The van der Waals surface area contributed by atoms with E-state index in [0.717, 1.165) is 5.56 Å². The Morgan fingerprint density at radius 1 is 1.17 bits per heavy atom. The first kappa shape index (κ1) is 9.02. The van der Waals surface area contributed by atoms with Crippen molar-refractivity contribution < 1.29 is 4.11 Å². The maximum absolute atomic E-state index is 13.0. The molecule has 0 saturated heterocycles. The summed E-state index contributed by atoms with van der Waals surface area (Å²) in [4.78, 5) is 0. The van der Waals surface area contributed by atoms with Crippen molar-refractivity contribution in [3.05, 3.63) is 35.9 Å². The van der Waals surface area contributed by atoms with Crippen molar-refractivity contribution in [3.63, 3.8) is 0 Å². The Morgan fingerprint density at radius 2 is 1.75 bits per heavy atom. The van der Waals surface area contributed by atoms with Crippen molar-refractivity contribution in [2.45, 2.75) is 13.1 Å². The summed E-state index contributed by atoms with van der Waals surface area (Å²) in [5, 5.41) is 0. The van der Waals surface area contributed by atoms with Crippen LogP contribution in [0.3, 0.4) is 0 Å². The molecule has 0 aliphatic carbocycles. The zero-order chi connectivity index (χ0) is 9.03. The highest BCUT2D eigenvalue weighted by atomic mass is 28.4. The third kappa shape index (κ3) is 3.36. The molecule has 0 aliphatic heterocycles. The zero-order valence-corrected chi connectivity index (χ0v) is 8.26. The van der Waals surface area contributed by atoms with Crippen molar-refractivity contribution in [2.24, 2.45) is 0 Å². The maximum atomic E-state index is 13.0. The molecule has 2 heteroatoms. The summed E-state index contributed by atoms with van der Waals surface area (Å²) < 4.78 is 13.0. The largest absolute Gasteiger partial charge is 0.317 e. The van der Waals surface area contributed by atoms with Crippen molar-refractivity contribution in [3.8, 4) is 11.5 Å². The minimum Gasteiger partial charge on any atom is -0.298 e. The molecule has 62 valence electrons. The number of benzene rings is 1. The van der Waals surface area contributed by atoms with E-state index in [9.17, 15) is 4.11 Å². The summed E-state index contributed by atoms with van der Waals surface area (Å²) in [5.74, 6) is 2.82. The van der Waals surface area contributed by atoms with Crippen LogP contribution in [-0.4, -0.2) is 8.41 Å². The zero-order valence-electron chi connectivity index (χ0n) is 7.26. The number of hydrogen-bond donors (Lipinski definition) is 0. The topological polar surface area (TPSA) is 0 Å². The molecule has 0 bridgehead atoms. The van der Waals surface area contributed by atoms with Gasteiger partial charge in [0.15, 0.2) is 0 Å². The fourth-order valence-electron chi connectivity index (χ4n) is 0.742. The molecule has 0 amide bonds. The van der Waals surface area contributed by atoms with Crippen LogP contribution >= 0.6 is 0 Å². The minimum absolute atomic E-state index is 0.885. The van der Waals surface area contributed by atoms with Gasteiger partial charge in [-0.15, -0.1) is 0 Å². The molecule has 1 aromatic rings. The fourth-order valence-corrected chi connectivity index (χ4v) is 1.18. The third-order valence-corrected chi connectivity index (χ3v) is 2.00. The molecule has 0 saturated carbocycles. The fraction of sp³-hybridized carbons (Fsp3) is 0.200. The summed E-state index contributed by atoms with van der Waals surface area (Å²) >= 11 is 0. The van der Waals surface area contributed by atoms with E-state index in [4.69, 9.17) is 0 Å². The molecule has 0 atom stereocenters. The molecule has 1 aromatic carbocycles. The van der Waals surface area contributed by atoms with Gasteiger partial charge in [-0.2, -0.15) is 0 Å². The van der Waals surface area contributed by atoms with Gasteiger partial charge in [0.25, 0.3) is 0 Å². The van der Waals surface area contributed by atoms with Gasteiger partial charge < -0.3 is 0 Å². The van der Waals surface area contributed by atoms with E-state index in [1.807, 2.05) is 30.3 Å². The average Bonchev–Trinajstić information content (AvgIpc) is 2.02. The summed E-state index contributed by atoms with van der Waals surface area (Å²) in [7, 11) is -2.70. The van der Waals surface area contributed by atoms with E-state index in [-0.39, 0.29) is 0 Å². The van der Waals surface area contributed by atoms with E-state index < -0.39 is 8.41 Å². The first-order valence-corrected chi connectivity index (χ1v) is 6.73. The van der Waals surface area contributed by atoms with Crippen LogP contribution in [0.4, 0.5) is 4.11 Å². The first-order valence-electron chi connectivity index (χ1n) is 3.85. The molecule has 0 radical (unpaired) electrons. The Kier molecular flexibility index (Phi) is 2.67. The van der Waals surface area contributed by atoms with Gasteiger partial charge in [-0.25, -0.2) is 0 Å². The predicted molar refractivity (Wildman–Crippen MR) is 51.9 cm³/mol. The third-order valence-electron chi connectivity index (χ3n) is 1.28. The van der Waals surface area contributed by atoms with Crippen LogP contribution in [0.1, 0.15) is 5.56 Å². The van der Waals surface area contributed by atoms with E-state index in [0.29, 0.717) is 0 Å². The maximum Gasteiger partial charge on any atom is 0.317 e. The first-order chi connectivity index (χ1) is 5.58. The van der Waals surface area contributed by atoms with E-state index >= 15 is 0 Å². The second kappa shape index (κ2) is 3.55. The standard InChI is InChI=1S/C10H11FSi/c1-12(2,11)9-8-10-6-4-3-5-7-10/h3-7H,1-2H3. The molecule has 0 heterocycles. The van der Waals surface area contributed by atoms with E-state index in [1.165, 1.54) is 0 Å². The second-order valence-corrected chi connectivity index (χ2v) is 6.28. The van der Waals surface area contributed by atoms with Crippen LogP contribution < -0.4 is 0 Å². The second-order valence-electron chi connectivity index (χ2n) is 3.09. The Bertz CT molecular complexity index is 300. The Morgan fingerprint density at radius 3 is 2.25 bits per heavy atom. The van der Waals surface area contributed by atoms with Crippen LogP contribution in [0.2, 0.25) is 13.1 Å². The summed E-state index contributed by atoms with van der Waals surface area (Å²) in [5.41, 5.74) is 3.55. The average molecular weight is 178 g/mol. The van der Waals surface area contributed by atoms with Gasteiger partial charge in [0.1, 0.15) is 0 Å². The van der Waals surface area contributed by atoms with Gasteiger partial charge >= 0.3 is 8.41 Å². The summed E-state index contributed by atoms with van der Waals surface area (Å²) in [6.07, 6.45) is 0. The van der Waals surface area contributed by atoms with Crippen LogP contribution in [0.5, 0.6) is 0 Å². The molecule has 12 heavy (non-hydrogen) atoms. The SMILES string of the molecule is C[Si](C)(F)C#Cc1ccccc1. The van der Waals surface area contributed by atoms with Gasteiger partial charge in [-0.05, 0) is 25.2 Å². The molecule has 0 aromatic heterocycles.